The highest BCUT2D eigenvalue weighted by Gasteiger charge is 2.31. The molecule has 0 aliphatic carbocycles. The summed E-state index contributed by atoms with van der Waals surface area (Å²) >= 11 is 5.97. The molecule has 0 aromatic heterocycles. The summed E-state index contributed by atoms with van der Waals surface area (Å²) in [7, 11) is 0. The van der Waals surface area contributed by atoms with Gasteiger partial charge in [0.1, 0.15) is 47.1 Å². The minimum atomic E-state index is -0.962. The summed E-state index contributed by atoms with van der Waals surface area (Å²) in [6.07, 6.45) is -0.962. The van der Waals surface area contributed by atoms with E-state index in [4.69, 9.17) is 36.3 Å². The molecule has 9 heteroatoms. The van der Waals surface area contributed by atoms with Crippen LogP contribution in [0.1, 0.15) is 29.5 Å². The van der Waals surface area contributed by atoms with Crippen LogP contribution >= 0.6 is 11.6 Å². The number of carbonyl (C=O) groups excluding carboxylic acids is 1. The van der Waals surface area contributed by atoms with Crippen molar-refractivity contribution in [3.05, 3.63) is 130 Å². The Morgan fingerprint density at radius 3 is 2.49 bits per heavy atom. The average Bonchev–Trinajstić information content (AvgIpc) is 2.97. The normalized spacial score (nSPS) is 14.7. The van der Waals surface area contributed by atoms with Crippen LogP contribution in [0.3, 0.4) is 0 Å². The van der Waals surface area contributed by atoms with Gasteiger partial charge in [-0.25, -0.2) is 9.18 Å². The Labute approximate surface area is 241 Å². The summed E-state index contributed by atoms with van der Waals surface area (Å²) < 4.78 is 35.9. The van der Waals surface area contributed by atoms with Crippen molar-refractivity contribution in [1.82, 2.24) is 0 Å². The molecule has 0 radical (unpaired) electrons. The highest BCUT2D eigenvalue weighted by Crippen LogP contribution is 2.44. The maximum Gasteiger partial charge on any atom is 0.352 e. The Morgan fingerprint density at radius 1 is 1.02 bits per heavy atom. The Morgan fingerprint density at radius 2 is 1.76 bits per heavy atom. The van der Waals surface area contributed by atoms with Crippen molar-refractivity contribution in [3.8, 4) is 29.1 Å². The Balaban J connectivity index is 1.35. The van der Waals surface area contributed by atoms with Gasteiger partial charge in [0.15, 0.2) is 6.10 Å². The van der Waals surface area contributed by atoms with E-state index in [1.54, 1.807) is 24.3 Å². The summed E-state index contributed by atoms with van der Waals surface area (Å²) in [5, 5.41) is 10.6. The lowest BCUT2D eigenvalue weighted by Crippen LogP contribution is -2.28. The number of rotatable bonds is 8. The van der Waals surface area contributed by atoms with E-state index in [2.05, 4.69) is 6.07 Å². The number of allylic oxidation sites excluding steroid dienone is 1. The molecule has 0 saturated heterocycles. The first-order valence-corrected chi connectivity index (χ1v) is 13.0. The Hall–Kier alpha value is -5.00. The summed E-state index contributed by atoms with van der Waals surface area (Å²) in [4.78, 5) is 12.7. The van der Waals surface area contributed by atoms with Crippen LogP contribution in [0.2, 0.25) is 5.02 Å². The number of nitrogens with two attached hydrogens (primary N) is 1. The van der Waals surface area contributed by atoms with Crippen LogP contribution in [0.5, 0.6) is 23.0 Å². The van der Waals surface area contributed by atoms with Crippen LogP contribution in [0.4, 0.5) is 4.39 Å². The zero-order valence-electron chi connectivity index (χ0n) is 21.8. The fourth-order valence-corrected chi connectivity index (χ4v) is 4.46. The predicted octanol–water partition coefficient (Wildman–Crippen LogP) is 6.65. The number of nitriles is 1. The first kappa shape index (κ1) is 27.6. The van der Waals surface area contributed by atoms with Gasteiger partial charge < -0.3 is 24.7 Å². The maximum absolute atomic E-state index is 13.1. The number of hydrogen-bond acceptors (Lipinski definition) is 7. The zero-order chi connectivity index (χ0) is 28.9. The molecule has 2 N–H and O–H groups in total. The highest BCUT2D eigenvalue weighted by atomic mass is 35.5. The average molecular weight is 571 g/mol. The van der Waals surface area contributed by atoms with Gasteiger partial charge in [0.2, 0.25) is 5.88 Å². The second-order valence-corrected chi connectivity index (χ2v) is 9.68. The number of nitrogens with zero attached hydrogens (tertiary/aromatic N) is 1. The summed E-state index contributed by atoms with van der Waals surface area (Å²) in [5.41, 5.74) is 8.80. The number of benzene rings is 4. The lowest BCUT2D eigenvalue weighted by molar-refractivity contribution is -0.141. The second-order valence-electron chi connectivity index (χ2n) is 9.25. The van der Waals surface area contributed by atoms with E-state index in [0.29, 0.717) is 34.4 Å². The first-order chi connectivity index (χ1) is 19.8. The first-order valence-electron chi connectivity index (χ1n) is 12.6. The van der Waals surface area contributed by atoms with Crippen molar-refractivity contribution in [2.45, 2.75) is 25.6 Å². The molecule has 0 amide bonds. The Kier molecular flexibility index (Phi) is 8.09. The zero-order valence-corrected chi connectivity index (χ0v) is 22.6. The van der Waals surface area contributed by atoms with Crippen LogP contribution in [-0.4, -0.2) is 12.1 Å². The number of hydrogen-bond donors (Lipinski definition) is 1. The second kappa shape index (κ2) is 12.0. The van der Waals surface area contributed by atoms with E-state index >= 15 is 0 Å². The van der Waals surface area contributed by atoms with Crippen molar-refractivity contribution in [2.75, 3.05) is 0 Å². The minimum Gasteiger partial charge on any atom is -0.489 e. The molecule has 7 nitrogen and oxygen atoms in total. The van der Waals surface area contributed by atoms with Gasteiger partial charge >= 0.3 is 5.97 Å². The molecule has 1 aliphatic heterocycles. The van der Waals surface area contributed by atoms with Crippen LogP contribution in [0.25, 0.3) is 0 Å². The molecular weight excluding hydrogens is 547 g/mol. The topological polar surface area (TPSA) is 104 Å². The number of ether oxygens (including phenoxy) is 4. The van der Waals surface area contributed by atoms with E-state index in [1.807, 2.05) is 36.4 Å². The molecule has 0 bridgehead atoms. The van der Waals surface area contributed by atoms with Crippen molar-refractivity contribution < 1.29 is 28.1 Å². The molecule has 41 heavy (non-hydrogen) atoms. The molecule has 2 unspecified atom stereocenters. The van der Waals surface area contributed by atoms with Crippen molar-refractivity contribution in [1.29, 1.82) is 5.26 Å². The van der Waals surface area contributed by atoms with Gasteiger partial charge in [-0.3, -0.25) is 0 Å². The maximum atomic E-state index is 13.1. The van der Waals surface area contributed by atoms with Gasteiger partial charge in [0, 0.05) is 16.7 Å². The molecular formula is C32H24ClFN2O5. The number of carbonyl (C=O) groups is 1. The Bertz CT molecular complexity index is 1650. The molecule has 2 atom stereocenters. The lowest BCUT2D eigenvalue weighted by atomic mass is 9.83. The third kappa shape index (κ3) is 6.43. The summed E-state index contributed by atoms with van der Waals surface area (Å²) in [6, 6.07) is 27.1. The van der Waals surface area contributed by atoms with E-state index in [1.165, 1.54) is 37.3 Å². The number of fused-ring (bicyclic) bond motifs is 1. The predicted molar refractivity (Wildman–Crippen MR) is 150 cm³/mol. The third-order valence-electron chi connectivity index (χ3n) is 6.38. The highest BCUT2D eigenvalue weighted by molar-refractivity contribution is 6.30. The van der Waals surface area contributed by atoms with Gasteiger partial charge in [-0.1, -0.05) is 41.9 Å². The molecule has 5 rings (SSSR count). The largest absolute Gasteiger partial charge is 0.489 e. The SMILES string of the molecule is CC(Oc1ccc(F)cc1)C(=O)Oc1ccc2c(c1)OC(N)=C(C#N)C2c1cccc(OCc2ccc(Cl)cc2)c1. The van der Waals surface area contributed by atoms with E-state index in [9.17, 15) is 14.4 Å². The smallest absolute Gasteiger partial charge is 0.352 e. The molecule has 1 aliphatic rings. The van der Waals surface area contributed by atoms with Crippen molar-refractivity contribution >= 4 is 17.6 Å². The van der Waals surface area contributed by atoms with Crippen LogP contribution in [0, 0.1) is 17.1 Å². The lowest BCUT2D eigenvalue weighted by Gasteiger charge is -2.27. The van der Waals surface area contributed by atoms with E-state index in [-0.39, 0.29) is 17.2 Å². The number of esters is 1. The van der Waals surface area contributed by atoms with E-state index < -0.39 is 23.8 Å². The summed E-state index contributed by atoms with van der Waals surface area (Å²) in [6.45, 7) is 1.87. The molecule has 1 heterocycles. The van der Waals surface area contributed by atoms with Gasteiger partial charge in [-0.05, 0) is 72.6 Å². The molecule has 0 spiro atoms. The third-order valence-corrected chi connectivity index (χ3v) is 6.63. The minimum absolute atomic E-state index is 0.0472. The molecule has 4 aromatic carbocycles. The van der Waals surface area contributed by atoms with Crippen LogP contribution in [0.15, 0.2) is 102 Å². The summed E-state index contributed by atoms with van der Waals surface area (Å²) in [5.74, 6) is -0.164. The molecule has 4 aromatic rings. The van der Waals surface area contributed by atoms with Crippen LogP contribution < -0.4 is 24.7 Å². The monoisotopic (exact) mass is 570 g/mol. The van der Waals surface area contributed by atoms with Gasteiger partial charge in [-0.2, -0.15) is 5.26 Å². The van der Waals surface area contributed by atoms with Crippen LogP contribution in [-0.2, 0) is 11.4 Å². The van der Waals surface area contributed by atoms with Gasteiger partial charge in [-0.15, -0.1) is 0 Å². The standard InChI is InChI=1S/C32H24ClFN2O5/c1-19(39-24-11-9-23(34)10-12-24)32(37)40-26-13-14-27-29(16-26)41-31(36)28(17-35)30(27)21-3-2-4-25(15-21)38-18-20-5-7-22(33)8-6-20/h2-16,19,30H,18,36H2,1H3. The van der Waals surface area contributed by atoms with Crippen molar-refractivity contribution in [3.63, 3.8) is 0 Å². The molecule has 0 fully saturated rings. The molecule has 0 saturated carbocycles. The van der Waals surface area contributed by atoms with Gasteiger partial charge in [0.25, 0.3) is 0 Å². The van der Waals surface area contributed by atoms with Gasteiger partial charge in [0.05, 0.1) is 5.92 Å². The number of halogens is 2. The molecule has 206 valence electrons. The van der Waals surface area contributed by atoms with Crippen molar-refractivity contribution in [2.24, 2.45) is 5.73 Å². The van der Waals surface area contributed by atoms with E-state index in [0.717, 1.165) is 11.1 Å². The fourth-order valence-electron chi connectivity index (χ4n) is 4.34. The quantitative estimate of drug-likeness (QED) is 0.187. The fraction of sp³-hybridized carbons (Fsp3) is 0.125.